The molecule has 1 aliphatic rings. The van der Waals surface area contributed by atoms with Gasteiger partial charge < -0.3 is 9.64 Å². The van der Waals surface area contributed by atoms with Crippen molar-refractivity contribution in [2.24, 2.45) is 5.10 Å². The molecule has 5 heterocycles. The van der Waals surface area contributed by atoms with E-state index in [1.165, 1.54) is 0 Å². The molecule has 1 saturated heterocycles. The third kappa shape index (κ3) is 4.22. The number of aryl methyl sites for hydroxylation is 1. The van der Waals surface area contributed by atoms with Gasteiger partial charge in [0.15, 0.2) is 11.5 Å². The third-order valence-corrected chi connectivity index (χ3v) is 4.96. The van der Waals surface area contributed by atoms with Gasteiger partial charge in [-0.1, -0.05) is 12.1 Å². The van der Waals surface area contributed by atoms with E-state index in [0.717, 1.165) is 47.3 Å². The van der Waals surface area contributed by atoms with E-state index in [-0.39, 0.29) is 0 Å². The van der Waals surface area contributed by atoms with Crippen LogP contribution in [-0.2, 0) is 4.74 Å². The van der Waals surface area contributed by atoms with E-state index < -0.39 is 0 Å². The first-order valence-electron chi connectivity index (χ1n) is 10.1. The first kappa shape index (κ1) is 19.1. The lowest BCUT2D eigenvalue weighted by Crippen LogP contribution is -2.37. The van der Waals surface area contributed by atoms with Gasteiger partial charge in [0.25, 0.3) is 0 Å². The second kappa shape index (κ2) is 8.49. The lowest BCUT2D eigenvalue weighted by Gasteiger charge is -2.29. The van der Waals surface area contributed by atoms with Crippen LogP contribution < -0.4 is 10.3 Å². The van der Waals surface area contributed by atoms with Crippen molar-refractivity contribution in [3.8, 4) is 11.4 Å². The zero-order valence-electron chi connectivity index (χ0n) is 17.1. The highest BCUT2D eigenvalue weighted by atomic mass is 16.5. The van der Waals surface area contributed by atoms with Crippen LogP contribution in [0.3, 0.4) is 0 Å². The van der Waals surface area contributed by atoms with Crippen LogP contribution in [0, 0.1) is 6.92 Å². The van der Waals surface area contributed by atoms with Gasteiger partial charge in [-0.25, -0.2) is 4.98 Å². The molecule has 156 valence electrons. The Balaban J connectivity index is 1.50. The first-order valence-corrected chi connectivity index (χ1v) is 10.1. The van der Waals surface area contributed by atoms with Crippen molar-refractivity contribution < 1.29 is 4.74 Å². The lowest BCUT2D eigenvalue weighted by molar-refractivity contribution is 0.122. The van der Waals surface area contributed by atoms with Gasteiger partial charge in [-0.2, -0.15) is 14.7 Å². The molecule has 0 atom stereocenters. The SMILES string of the molecule is Cc1cccc(/C=N\Nc2cc(N3CCOCC3)n3nc(-c4ccccn4)cc3n2)n1. The summed E-state index contributed by atoms with van der Waals surface area (Å²) in [5.41, 5.74) is 7.06. The Hall–Kier alpha value is -3.85. The Morgan fingerprint density at radius 1 is 1.03 bits per heavy atom. The number of hydrogen-bond acceptors (Lipinski definition) is 8. The molecule has 0 amide bonds. The lowest BCUT2D eigenvalue weighted by atomic mass is 10.3. The Kier molecular flexibility index (Phi) is 5.24. The molecule has 0 unspecified atom stereocenters. The van der Waals surface area contributed by atoms with Crippen molar-refractivity contribution in [3.63, 3.8) is 0 Å². The Morgan fingerprint density at radius 3 is 2.74 bits per heavy atom. The van der Waals surface area contributed by atoms with Gasteiger partial charge in [0.1, 0.15) is 11.5 Å². The second-order valence-electron chi connectivity index (χ2n) is 7.19. The summed E-state index contributed by atoms with van der Waals surface area (Å²) in [7, 11) is 0. The number of fused-ring (bicyclic) bond motifs is 1. The molecule has 31 heavy (non-hydrogen) atoms. The van der Waals surface area contributed by atoms with Gasteiger partial charge in [-0.05, 0) is 31.2 Å². The third-order valence-electron chi connectivity index (χ3n) is 4.96. The van der Waals surface area contributed by atoms with Crippen molar-refractivity contribution >= 4 is 23.5 Å². The van der Waals surface area contributed by atoms with E-state index in [0.29, 0.717) is 19.0 Å². The highest BCUT2D eigenvalue weighted by Gasteiger charge is 2.18. The van der Waals surface area contributed by atoms with E-state index in [2.05, 4.69) is 25.4 Å². The molecular weight excluding hydrogens is 392 g/mol. The van der Waals surface area contributed by atoms with Crippen molar-refractivity contribution in [3.05, 3.63) is 66.1 Å². The molecule has 4 aromatic heterocycles. The second-order valence-corrected chi connectivity index (χ2v) is 7.19. The molecule has 5 rings (SSSR count). The molecular formula is C22H22N8O. The number of hydrazone groups is 1. The molecule has 0 saturated carbocycles. The maximum atomic E-state index is 5.52. The summed E-state index contributed by atoms with van der Waals surface area (Å²) < 4.78 is 7.37. The quantitative estimate of drug-likeness (QED) is 0.396. The predicted molar refractivity (Wildman–Crippen MR) is 119 cm³/mol. The molecule has 0 aromatic carbocycles. The van der Waals surface area contributed by atoms with Crippen LogP contribution in [0.25, 0.3) is 17.0 Å². The summed E-state index contributed by atoms with van der Waals surface area (Å²) in [5, 5.41) is 9.10. The highest BCUT2D eigenvalue weighted by Crippen LogP contribution is 2.25. The van der Waals surface area contributed by atoms with Crippen LogP contribution in [0.1, 0.15) is 11.4 Å². The summed E-state index contributed by atoms with van der Waals surface area (Å²) in [4.78, 5) is 15.8. The van der Waals surface area contributed by atoms with Crippen LogP contribution in [0.15, 0.2) is 59.8 Å². The number of nitrogens with one attached hydrogen (secondary N) is 1. The van der Waals surface area contributed by atoms with E-state index in [1.807, 2.05) is 60.0 Å². The summed E-state index contributed by atoms with van der Waals surface area (Å²) in [6.07, 6.45) is 3.44. The molecule has 1 aliphatic heterocycles. The van der Waals surface area contributed by atoms with Crippen molar-refractivity contribution in [2.45, 2.75) is 6.92 Å². The molecule has 1 N–H and O–H groups in total. The van der Waals surface area contributed by atoms with Gasteiger partial charge in [-0.15, -0.1) is 0 Å². The fraction of sp³-hybridized carbons (Fsp3) is 0.227. The van der Waals surface area contributed by atoms with Gasteiger partial charge in [0.05, 0.1) is 30.8 Å². The number of morpholine rings is 1. The smallest absolute Gasteiger partial charge is 0.160 e. The Labute approximate surface area is 179 Å². The van der Waals surface area contributed by atoms with Crippen LogP contribution in [0.2, 0.25) is 0 Å². The number of nitrogens with zero attached hydrogens (tertiary/aromatic N) is 7. The zero-order chi connectivity index (χ0) is 21.0. The number of aromatic nitrogens is 5. The number of rotatable bonds is 5. The fourth-order valence-electron chi connectivity index (χ4n) is 3.47. The summed E-state index contributed by atoms with van der Waals surface area (Å²) >= 11 is 0. The maximum absolute atomic E-state index is 5.52. The van der Waals surface area contributed by atoms with Crippen molar-refractivity contribution in [1.82, 2.24) is 24.6 Å². The highest BCUT2D eigenvalue weighted by molar-refractivity contribution is 5.77. The minimum Gasteiger partial charge on any atom is -0.378 e. The van der Waals surface area contributed by atoms with Crippen LogP contribution >= 0.6 is 0 Å². The average molecular weight is 414 g/mol. The largest absolute Gasteiger partial charge is 0.378 e. The zero-order valence-corrected chi connectivity index (χ0v) is 17.1. The van der Waals surface area contributed by atoms with Crippen molar-refractivity contribution in [1.29, 1.82) is 0 Å². The van der Waals surface area contributed by atoms with Gasteiger partial charge in [-0.3, -0.25) is 15.4 Å². The molecule has 1 fully saturated rings. The molecule has 4 aromatic rings. The van der Waals surface area contributed by atoms with E-state index in [1.54, 1.807) is 12.4 Å². The van der Waals surface area contributed by atoms with Crippen LogP contribution in [0.4, 0.5) is 11.6 Å². The monoisotopic (exact) mass is 414 g/mol. The Bertz CT molecular complexity index is 1210. The summed E-state index contributed by atoms with van der Waals surface area (Å²) in [6.45, 7) is 4.88. The van der Waals surface area contributed by atoms with Gasteiger partial charge >= 0.3 is 0 Å². The fourth-order valence-corrected chi connectivity index (χ4v) is 3.47. The molecule has 0 spiro atoms. The maximum Gasteiger partial charge on any atom is 0.160 e. The molecule has 0 bridgehead atoms. The Morgan fingerprint density at radius 2 is 1.94 bits per heavy atom. The van der Waals surface area contributed by atoms with Gasteiger partial charge in [0.2, 0.25) is 0 Å². The summed E-state index contributed by atoms with van der Waals surface area (Å²) in [5.74, 6) is 1.56. The number of ether oxygens (including phenoxy) is 1. The number of pyridine rings is 2. The molecule has 0 radical (unpaired) electrons. The topological polar surface area (TPSA) is 92.8 Å². The molecule has 9 heteroatoms. The van der Waals surface area contributed by atoms with E-state index in [4.69, 9.17) is 14.8 Å². The standard InChI is InChI=1S/C22H22N8O/c1-16-5-4-6-17(25-16)15-24-27-20-14-22(29-9-11-31-12-10-29)30-21(26-20)13-19(28-30)18-7-2-3-8-23-18/h2-8,13-15H,9-12H2,1H3,(H,26,27)/b24-15-. The normalized spacial score (nSPS) is 14.4. The summed E-state index contributed by atoms with van der Waals surface area (Å²) in [6, 6.07) is 15.5. The van der Waals surface area contributed by atoms with E-state index >= 15 is 0 Å². The number of anilines is 2. The van der Waals surface area contributed by atoms with E-state index in [9.17, 15) is 0 Å². The van der Waals surface area contributed by atoms with Crippen molar-refractivity contribution in [2.75, 3.05) is 36.6 Å². The minimum atomic E-state index is 0.630. The molecule has 9 nitrogen and oxygen atoms in total. The van der Waals surface area contributed by atoms with Crippen LogP contribution in [0.5, 0.6) is 0 Å². The van der Waals surface area contributed by atoms with Gasteiger partial charge in [0, 0.05) is 37.1 Å². The molecule has 0 aliphatic carbocycles. The number of hydrogen-bond donors (Lipinski definition) is 1. The predicted octanol–water partition coefficient (Wildman–Crippen LogP) is 2.78. The minimum absolute atomic E-state index is 0.630. The first-order chi connectivity index (χ1) is 15.3. The average Bonchev–Trinajstić information content (AvgIpc) is 3.24. The van der Waals surface area contributed by atoms with Crippen LogP contribution in [-0.4, -0.2) is 57.1 Å².